The van der Waals surface area contributed by atoms with E-state index in [4.69, 9.17) is 16.6 Å². The van der Waals surface area contributed by atoms with Crippen LogP contribution >= 0.6 is 22.9 Å². The van der Waals surface area contributed by atoms with E-state index in [1.54, 1.807) is 23.6 Å². The second-order valence-electron chi connectivity index (χ2n) is 8.00. The number of aryl methyl sites for hydroxylation is 1. The Labute approximate surface area is 199 Å². The number of thiazole rings is 1. The van der Waals surface area contributed by atoms with Crippen molar-refractivity contribution >= 4 is 56.4 Å². The fourth-order valence-corrected chi connectivity index (χ4v) is 4.87. The zero-order valence-electron chi connectivity index (χ0n) is 18.1. The molecule has 12 heteroatoms. The summed E-state index contributed by atoms with van der Waals surface area (Å²) in [4.78, 5) is 30.8. The van der Waals surface area contributed by atoms with Crippen LogP contribution in [-0.4, -0.2) is 49.1 Å². The van der Waals surface area contributed by atoms with Gasteiger partial charge in [0.1, 0.15) is 10.3 Å². The minimum Gasteiger partial charge on any atom is -0.368 e. The van der Waals surface area contributed by atoms with Crippen LogP contribution in [0.15, 0.2) is 30.9 Å². The number of halogens is 1. The molecule has 170 valence electrons. The third kappa shape index (κ3) is 4.46. The number of pyridine rings is 2. The number of aromatic nitrogens is 6. The molecular weight excluding hydrogens is 462 g/mol. The highest BCUT2D eigenvalue weighted by molar-refractivity contribution is 7.18. The fourth-order valence-electron chi connectivity index (χ4n) is 3.87. The molecule has 0 radical (unpaired) electrons. The summed E-state index contributed by atoms with van der Waals surface area (Å²) >= 11 is 7.86. The van der Waals surface area contributed by atoms with Gasteiger partial charge in [-0.25, -0.2) is 19.7 Å². The normalized spacial score (nSPS) is 14.6. The molecule has 2 N–H and O–H groups in total. The highest BCUT2D eigenvalue weighted by atomic mass is 35.5. The smallest absolute Gasteiger partial charge is 0.323 e. The Hall–Kier alpha value is -3.31. The maximum absolute atomic E-state index is 12.8. The van der Waals surface area contributed by atoms with Crippen molar-refractivity contribution in [1.82, 2.24) is 29.9 Å². The van der Waals surface area contributed by atoms with Crippen LogP contribution < -0.4 is 15.5 Å². The van der Waals surface area contributed by atoms with Gasteiger partial charge in [0, 0.05) is 13.1 Å². The van der Waals surface area contributed by atoms with Crippen molar-refractivity contribution in [1.29, 1.82) is 0 Å². The molecule has 0 saturated carbocycles. The van der Waals surface area contributed by atoms with Gasteiger partial charge in [-0.1, -0.05) is 29.9 Å². The van der Waals surface area contributed by atoms with Crippen molar-refractivity contribution in [2.75, 3.05) is 28.6 Å². The third-order valence-corrected chi connectivity index (χ3v) is 6.70. The van der Waals surface area contributed by atoms with Crippen LogP contribution in [-0.2, 0) is 0 Å². The highest BCUT2D eigenvalue weighted by Crippen LogP contribution is 2.37. The molecular formula is C21H22ClN9OS. The number of anilines is 3. The maximum Gasteiger partial charge on any atom is 0.323 e. The van der Waals surface area contributed by atoms with E-state index in [2.05, 4.69) is 42.6 Å². The van der Waals surface area contributed by atoms with Crippen molar-refractivity contribution < 1.29 is 4.79 Å². The van der Waals surface area contributed by atoms with Gasteiger partial charge in [-0.15, -0.1) is 4.80 Å². The number of urea groups is 1. The highest BCUT2D eigenvalue weighted by Gasteiger charge is 2.24. The van der Waals surface area contributed by atoms with Crippen molar-refractivity contribution in [2.45, 2.75) is 26.7 Å². The van der Waals surface area contributed by atoms with Gasteiger partial charge in [0.2, 0.25) is 0 Å². The van der Waals surface area contributed by atoms with Crippen LogP contribution in [0.5, 0.6) is 0 Å². The summed E-state index contributed by atoms with van der Waals surface area (Å²) in [6, 6.07) is 1.18. The van der Waals surface area contributed by atoms with Gasteiger partial charge < -0.3 is 15.5 Å². The molecule has 0 aliphatic carbocycles. The molecule has 4 aromatic heterocycles. The number of rotatable bonds is 4. The fraction of sp³-hybridized carbons (Fsp3) is 0.333. The van der Waals surface area contributed by atoms with Crippen LogP contribution in [0.4, 0.5) is 21.9 Å². The van der Waals surface area contributed by atoms with Gasteiger partial charge >= 0.3 is 6.03 Å². The number of nitrogens with zero attached hydrogens (tertiary/aromatic N) is 7. The van der Waals surface area contributed by atoms with Crippen molar-refractivity contribution in [2.24, 2.45) is 5.92 Å². The lowest BCUT2D eigenvalue weighted by Gasteiger charge is -2.33. The topological polar surface area (TPSA) is 114 Å². The summed E-state index contributed by atoms with van der Waals surface area (Å²) in [5.74, 6) is 1.07. The summed E-state index contributed by atoms with van der Waals surface area (Å²) in [6.45, 7) is 6.06. The van der Waals surface area contributed by atoms with Crippen molar-refractivity contribution in [3.63, 3.8) is 0 Å². The second-order valence-corrected chi connectivity index (χ2v) is 9.59. The number of hydrogen-bond donors (Lipinski definition) is 2. The lowest BCUT2D eigenvalue weighted by Crippen LogP contribution is -2.34. The number of fused-ring (bicyclic) bond motifs is 1. The van der Waals surface area contributed by atoms with E-state index in [-0.39, 0.29) is 0 Å². The zero-order valence-corrected chi connectivity index (χ0v) is 19.7. The van der Waals surface area contributed by atoms with E-state index in [1.165, 1.54) is 23.4 Å². The number of piperidine rings is 1. The van der Waals surface area contributed by atoms with Crippen LogP contribution in [0.1, 0.15) is 24.8 Å². The van der Waals surface area contributed by atoms with E-state index in [9.17, 15) is 4.79 Å². The van der Waals surface area contributed by atoms with Crippen LogP contribution in [0.2, 0.25) is 5.02 Å². The average molecular weight is 484 g/mol. The molecule has 1 aliphatic heterocycles. The number of hydrogen-bond acceptors (Lipinski definition) is 8. The Morgan fingerprint density at radius 3 is 2.64 bits per heavy atom. The van der Waals surface area contributed by atoms with E-state index in [1.807, 2.05) is 6.92 Å². The monoisotopic (exact) mass is 483 g/mol. The Morgan fingerprint density at radius 2 is 1.91 bits per heavy atom. The standard InChI is InChI=1S/C21H22ClN9OS/c1-12-3-7-30(8-4-12)18-16(11-24-20-17(18)27-13(2)33-20)29-21(32)28-14-9-15(22)19(23-10-14)31-25-5-6-26-31/h5-6,9-12H,3-4,7-8H2,1-2H3,(H2,28,29,32). The first kappa shape index (κ1) is 21.5. The summed E-state index contributed by atoms with van der Waals surface area (Å²) < 4.78 is 0. The Bertz CT molecular complexity index is 1300. The molecule has 10 nitrogen and oxygen atoms in total. The minimum atomic E-state index is -0.419. The first-order valence-electron chi connectivity index (χ1n) is 10.6. The molecule has 4 aromatic rings. The maximum atomic E-state index is 12.8. The number of carbonyl (C=O) groups excluding carboxylic acids is 1. The number of carbonyl (C=O) groups is 1. The number of nitrogens with one attached hydrogen (secondary N) is 2. The predicted molar refractivity (Wildman–Crippen MR) is 130 cm³/mol. The molecule has 0 atom stereocenters. The predicted octanol–water partition coefficient (Wildman–Crippen LogP) is 4.51. The SMILES string of the molecule is Cc1nc2c(N3CCC(C)CC3)c(NC(=O)Nc3cnc(-n4nccn4)c(Cl)c3)cnc2s1. The molecule has 0 aromatic carbocycles. The largest absolute Gasteiger partial charge is 0.368 e. The van der Waals surface area contributed by atoms with Crippen molar-refractivity contribution in [3.8, 4) is 5.82 Å². The molecule has 33 heavy (non-hydrogen) atoms. The Balaban J connectivity index is 1.39. The Kier molecular flexibility index (Phi) is 5.81. The van der Waals surface area contributed by atoms with E-state index in [0.717, 1.165) is 47.0 Å². The average Bonchev–Trinajstić information content (AvgIpc) is 3.44. The van der Waals surface area contributed by atoms with Gasteiger partial charge in [-0.05, 0) is 31.7 Å². The van der Waals surface area contributed by atoms with Gasteiger partial charge in [-0.2, -0.15) is 10.2 Å². The molecule has 5 rings (SSSR count). The first-order valence-corrected chi connectivity index (χ1v) is 11.8. The quantitative estimate of drug-likeness (QED) is 0.439. The van der Waals surface area contributed by atoms with Crippen LogP contribution in [0.3, 0.4) is 0 Å². The van der Waals surface area contributed by atoms with Crippen molar-refractivity contribution in [3.05, 3.63) is 40.9 Å². The Morgan fingerprint density at radius 1 is 1.15 bits per heavy atom. The second kappa shape index (κ2) is 8.91. The van der Waals surface area contributed by atoms with Gasteiger partial charge in [0.15, 0.2) is 5.82 Å². The minimum absolute atomic E-state index is 0.313. The van der Waals surface area contributed by atoms with Crippen LogP contribution in [0, 0.1) is 12.8 Å². The first-order chi connectivity index (χ1) is 16.0. The lowest BCUT2D eigenvalue weighted by atomic mass is 9.98. The summed E-state index contributed by atoms with van der Waals surface area (Å²) in [5, 5.41) is 15.0. The molecule has 1 saturated heterocycles. The van der Waals surface area contributed by atoms with Gasteiger partial charge in [0.05, 0.1) is 51.9 Å². The molecule has 0 bridgehead atoms. The number of amides is 2. The van der Waals surface area contributed by atoms with E-state index in [0.29, 0.717) is 28.1 Å². The van der Waals surface area contributed by atoms with Gasteiger partial charge in [0.25, 0.3) is 0 Å². The molecule has 1 aliphatic rings. The molecule has 5 heterocycles. The van der Waals surface area contributed by atoms with Crippen LogP contribution in [0.25, 0.3) is 16.2 Å². The zero-order chi connectivity index (χ0) is 22.9. The molecule has 2 amide bonds. The summed E-state index contributed by atoms with van der Waals surface area (Å²) in [6.07, 6.45) is 8.47. The third-order valence-electron chi connectivity index (χ3n) is 5.54. The van der Waals surface area contributed by atoms with E-state index >= 15 is 0 Å². The summed E-state index contributed by atoms with van der Waals surface area (Å²) in [7, 11) is 0. The molecule has 0 spiro atoms. The van der Waals surface area contributed by atoms with Gasteiger partial charge in [-0.3, -0.25) is 0 Å². The summed E-state index contributed by atoms with van der Waals surface area (Å²) in [5.41, 5.74) is 2.81. The van der Waals surface area contributed by atoms with E-state index < -0.39 is 6.03 Å². The lowest BCUT2D eigenvalue weighted by molar-refractivity contribution is 0.262. The molecule has 1 fully saturated rings. The molecule has 0 unspecified atom stereocenters.